The first-order valence-corrected chi connectivity index (χ1v) is 6.02. The highest BCUT2D eigenvalue weighted by Gasteiger charge is 2.01. The lowest BCUT2D eigenvalue weighted by Gasteiger charge is -2.08. The summed E-state index contributed by atoms with van der Waals surface area (Å²) >= 11 is 1.76. The van der Waals surface area contributed by atoms with E-state index in [1.54, 1.807) is 17.4 Å². The Hall–Kier alpha value is -1.35. The Morgan fingerprint density at radius 3 is 2.69 bits per heavy atom. The van der Waals surface area contributed by atoms with E-state index in [2.05, 4.69) is 24.4 Å². The van der Waals surface area contributed by atoms with Crippen LogP contribution in [0.25, 0.3) is 0 Å². The first kappa shape index (κ1) is 11.1. The zero-order valence-corrected chi connectivity index (χ0v) is 10.2. The molecule has 1 N–H and O–H groups in total. The third-order valence-electron chi connectivity index (χ3n) is 2.45. The largest absolute Gasteiger partial charge is 0.380 e. The minimum absolute atomic E-state index is 0.199. The van der Waals surface area contributed by atoms with Gasteiger partial charge in [0.15, 0.2) is 0 Å². The van der Waals surface area contributed by atoms with Crippen molar-refractivity contribution >= 4 is 17.0 Å². The predicted octanol–water partition coefficient (Wildman–Crippen LogP) is 4.12. The van der Waals surface area contributed by atoms with Crippen molar-refractivity contribution in [1.82, 2.24) is 0 Å². The summed E-state index contributed by atoms with van der Waals surface area (Å²) in [5, 5.41) is 3.25. The van der Waals surface area contributed by atoms with Crippen LogP contribution >= 0.6 is 11.3 Å². The molecule has 0 saturated carbocycles. The maximum atomic E-state index is 13.0. The first-order chi connectivity index (χ1) is 7.65. The second kappa shape index (κ2) is 4.66. The van der Waals surface area contributed by atoms with Crippen LogP contribution in [-0.4, -0.2) is 0 Å². The number of benzene rings is 1. The van der Waals surface area contributed by atoms with Gasteiger partial charge in [0.05, 0.1) is 0 Å². The SMILES string of the molecule is Cc1ccc(CNc2cc(F)ccc2C)s1. The molecule has 16 heavy (non-hydrogen) atoms. The van der Waals surface area contributed by atoms with Gasteiger partial charge in [0.1, 0.15) is 5.82 Å². The van der Waals surface area contributed by atoms with E-state index in [0.717, 1.165) is 17.8 Å². The number of nitrogens with one attached hydrogen (secondary N) is 1. The Morgan fingerprint density at radius 1 is 1.19 bits per heavy atom. The van der Waals surface area contributed by atoms with E-state index in [4.69, 9.17) is 0 Å². The van der Waals surface area contributed by atoms with Gasteiger partial charge in [-0.05, 0) is 43.7 Å². The Bertz CT molecular complexity index is 490. The van der Waals surface area contributed by atoms with E-state index in [-0.39, 0.29) is 5.82 Å². The van der Waals surface area contributed by atoms with Gasteiger partial charge in [0.2, 0.25) is 0 Å². The molecule has 2 aromatic rings. The topological polar surface area (TPSA) is 12.0 Å². The molecule has 0 fully saturated rings. The average molecular weight is 235 g/mol. The molecule has 0 unspecified atom stereocenters. The van der Waals surface area contributed by atoms with Crippen LogP contribution in [0.4, 0.5) is 10.1 Å². The summed E-state index contributed by atoms with van der Waals surface area (Å²) in [7, 11) is 0. The molecule has 3 heteroatoms. The number of anilines is 1. The molecule has 0 aliphatic heterocycles. The molecule has 1 aromatic heterocycles. The van der Waals surface area contributed by atoms with Gasteiger partial charge in [-0.25, -0.2) is 4.39 Å². The Morgan fingerprint density at radius 2 is 2.00 bits per heavy atom. The molecule has 0 aliphatic carbocycles. The van der Waals surface area contributed by atoms with Gasteiger partial charge in [-0.1, -0.05) is 6.07 Å². The standard InChI is InChI=1S/C13H14FNS/c1-9-3-5-11(14)7-13(9)15-8-12-6-4-10(2)16-12/h3-7,15H,8H2,1-2H3. The highest BCUT2D eigenvalue weighted by atomic mass is 32.1. The second-order valence-electron chi connectivity index (χ2n) is 3.83. The lowest BCUT2D eigenvalue weighted by molar-refractivity contribution is 0.628. The fraction of sp³-hybridized carbons (Fsp3) is 0.231. The van der Waals surface area contributed by atoms with E-state index in [0.29, 0.717) is 0 Å². The fourth-order valence-electron chi connectivity index (χ4n) is 1.55. The summed E-state index contributed by atoms with van der Waals surface area (Å²) in [5.41, 5.74) is 1.93. The van der Waals surface area contributed by atoms with E-state index in [9.17, 15) is 4.39 Å². The Balaban J connectivity index is 2.07. The normalized spacial score (nSPS) is 10.4. The molecule has 2 rings (SSSR count). The monoisotopic (exact) mass is 235 g/mol. The van der Waals surface area contributed by atoms with Gasteiger partial charge in [0.25, 0.3) is 0 Å². The van der Waals surface area contributed by atoms with Gasteiger partial charge in [0, 0.05) is 22.0 Å². The summed E-state index contributed by atoms with van der Waals surface area (Å²) in [5.74, 6) is -0.199. The summed E-state index contributed by atoms with van der Waals surface area (Å²) in [4.78, 5) is 2.56. The minimum atomic E-state index is -0.199. The Kier molecular flexibility index (Phi) is 3.25. The minimum Gasteiger partial charge on any atom is -0.380 e. The van der Waals surface area contributed by atoms with Crippen molar-refractivity contribution in [3.63, 3.8) is 0 Å². The summed E-state index contributed by atoms with van der Waals surface area (Å²) in [6.45, 7) is 4.81. The zero-order valence-electron chi connectivity index (χ0n) is 9.38. The van der Waals surface area contributed by atoms with Crippen molar-refractivity contribution in [2.75, 3.05) is 5.32 Å². The zero-order chi connectivity index (χ0) is 11.5. The van der Waals surface area contributed by atoms with E-state index < -0.39 is 0 Å². The van der Waals surface area contributed by atoms with Gasteiger partial charge in [-0.15, -0.1) is 11.3 Å². The van der Waals surface area contributed by atoms with Crippen molar-refractivity contribution in [2.45, 2.75) is 20.4 Å². The molecule has 1 nitrogen and oxygen atoms in total. The number of hydrogen-bond donors (Lipinski definition) is 1. The van der Waals surface area contributed by atoms with Crippen LogP contribution in [0, 0.1) is 19.7 Å². The molecular weight excluding hydrogens is 221 g/mol. The van der Waals surface area contributed by atoms with Crippen molar-refractivity contribution < 1.29 is 4.39 Å². The van der Waals surface area contributed by atoms with Crippen LogP contribution in [0.15, 0.2) is 30.3 Å². The molecule has 0 aliphatic rings. The van der Waals surface area contributed by atoms with E-state index >= 15 is 0 Å². The smallest absolute Gasteiger partial charge is 0.125 e. The average Bonchev–Trinajstić information content (AvgIpc) is 2.66. The molecule has 0 saturated heterocycles. The van der Waals surface area contributed by atoms with Crippen molar-refractivity contribution in [3.8, 4) is 0 Å². The first-order valence-electron chi connectivity index (χ1n) is 5.20. The van der Waals surface area contributed by atoms with Crippen LogP contribution in [0.5, 0.6) is 0 Å². The third kappa shape index (κ3) is 2.61. The highest BCUT2D eigenvalue weighted by molar-refractivity contribution is 7.11. The number of hydrogen-bond acceptors (Lipinski definition) is 2. The highest BCUT2D eigenvalue weighted by Crippen LogP contribution is 2.20. The van der Waals surface area contributed by atoms with E-state index in [1.165, 1.54) is 21.9 Å². The molecule has 0 amide bonds. The molecular formula is C13H14FNS. The van der Waals surface area contributed by atoms with Crippen LogP contribution in [0.3, 0.4) is 0 Å². The maximum Gasteiger partial charge on any atom is 0.125 e. The van der Waals surface area contributed by atoms with Gasteiger partial charge in [-0.3, -0.25) is 0 Å². The molecule has 84 valence electrons. The van der Waals surface area contributed by atoms with Crippen LogP contribution in [-0.2, 0) is 6.54 Å². The molecule has 0 bridgehead atoms. The molecule has 0 atom stereocenters. The van der Waals surface area contributed by atoms with Crippen LogP contribution in [0.1, 0.15) is 15.3 Å². The summed E-state index contributed by atoms with van der Waals surface area (Å²) in [6.07, 6.45) is 0. The number of halogens is 1. The van der Waals surface area contributed by atoms with E-state index in [1.807, 2.05) is 6.92 Å². The quantitative estimate of drug-likeness (QED) is 0.844. The van der Waals surface area contributed by atoms with Gasteiger partial charge < -0.3 is 5.32 Å². The summed E-state index contributed by atoms with van der Waals surface area (Å²) < 4.78 is 13.0. The lowest BCUT2D eigenvalue weighted by Crippen LogP contribution is -1.99. The van der Waals surface area contributed by atoms with Gasteiger partial charge in [-0.2, -0.15) is 0 Å². The number of rotatable bonds is 3. The van der Waals surface area contributed by atoms with Crippen molar-refractivity contribution in [1.29, 1.82) is 0 Å². The molecule has 1 aromatic carbocycles. The predicted molar refractivity (Wildman–Crippen MR) is 67.5 cm³/mol. The number of aryl methyl sites for hydroxylation is 2. The molecule has 0 radical (unpaired) electrons. The maximum absolute atomic E-state index is 13.0. The van der Waals surface area contributed by atoms with Crippen molar-refractivity contribution in [3.05, 3.63) is 51.5 Å². The third-order valence-corrected chi connectivity index (χ3v) is 3.45. The number of thiophene rings is 1. The second-order valence-corrected chi connectivity index (χ2v) is 5.20. The molecule has 0 spiro atoms. The lowest BCUT2D eigenvalue weighted by atomic mass is 10.2. The van der Waals surface area contributed by atoms with Crippen molar-refractivity contribution in [2.24, 2.45) is 0 Å². The van der Waals surface area contributed by atoms with Gasteiger partial charge >= 0.3 is 0 Å². The summed E-state index contributed by atoms with van der Waals surface area (Å²) in [6, 6.07) is 9.00. The fourth-order valence-corrected chi connectivity index (χ4v) is 2.38. The Labute approximate surface area is 98.9 Å². The van der Waals surface area contributed by atoms with Crippen LogP contribution in [0.2, 0.25) is 0 Å². The molecule has 1 heterocycles. The van der Waals surface area contributed by atoms with Crippen LogP contribution < -0.4 is 5.32 Å².